The lowest BCUT2D eigenvalue weighted by atomic mass is 9.90. The van der Waals surface area contributed by atoms with Crippen LogP contribution in [0, 0.1) is 0 Å². The second-order valence-corrected chi connectivity index (χ2v) is 13.1. The molecule has 2 atom stereocenters. The average Bonchev–Trinajstić information content (AvgIpc) is 3.71. The maximum atomic E-state index is 5.40. The molecule has 8 aromatic rings. The standard InChI is InChI=1S/C47H33N3/c1-4-15-32(16-5-1)35-29-41(33-17-6-2-7-18-33)48-46(31-35)50-42-24-12-10-21-38(42)39-28-27-34(30-45(39)50)37-23-14-26-44-47(37)40-22-11-13-25-43(40)49(44)36-19-8-3-9-20-36/h1-31,38,42H. The number of rotatable bonds is 5. The van der Waals surface area contributed by atoms with Crippen molar-refractivity contribution < 1.29 is 0 Å². The quantitative estimate of drug-likeness (QED) is 0.187. The number of anilines is 2. The Bertz CT molecular complexity index is 2540. The average molecular weight is 640 g/mol. The molecule has 6 aromatic carbocycles. The van der Waals surface area contributed by atoms with Gasteiger partial charge in [-0.1, -0.05) is 146 Å². The highest BCUT2D eigenvalue weighted by atomic mass is 15.2. The molecule has 2 aliphatic rings. The topological polar surface area (TPSA) is 21.1 Å². The van der Waals surface area contributed by atoms with Gasteiger partial charge in [0.2, 0.25) is 0 Å². The Morgan fingerprint density at radius 2 is 1.20 bits per heavy atom. The summed E-state index contributed by atoms with van der Waals surface area (Å²) in [6.45, 7) is 0. The van der Waals surface area contributed by atoms with Crippen LogP contribution in [0.5, 0.6) is 0 Å². The molecule has 3 heteroatoms. The Balaban J connectivity index is 1.19. The molecule has 0 N–H and O–H groups in total. The highest BCUT2D eigenvalue weighted by Gasteiger charge is 2.38. The van der Waals surface area contributed by atoms with E-state index in [4.69, 9.17) is 4.98 Å². The zero-order valence-electron chi connectivity index (χ0n) is 27.4. The minimum atomic E-state index is 0.128. The molecule has 2 aromatic heterocycles. The third-order valence-electron chi connectivity index (χ3n) is 10.3. The molecule has 0 fully saturated rings. The first-order chi connectivity index (χ1) is 24.8. The van der Waals surface area contributed by atoms with Crippen LogP contribution in [0.25, 0.3) is 61.0 Å². The number of fused-ring (bicyclic) bond motifs is 6. The molecule has 0 bridgehead atoms. The number of allylic oxidation sites excluding steroid dienone is 2. The fourth-order valence-electron chi connectivity index (χ4n) is 8.08. The number of hydrogen-bond donors (Lipinski definition) is 0. The van der Waals surface area contributed by atoms with E-state index in [0.29, 0.717) is 0 Å². The van der Waals surface area contributed by atoms with Crippen molar-refractivity contribution in [2.24, 2.45) is 0 Å². The molecule has 1 aliphatic carbocycles. The molecule has 3 heterocycles. The number of hydrogen-bond acceptors (Lipinski definition) is 2. The molecule has 2 unspecified atom stereocenters. The van der Waals surface area contributed by atoms with Gasteiger partial charge in [-0.3, -0.25) is 0 Å². The van der Waals surface area contributed by atoms with Gasteiger partial charge in [0.25, 0.3) is 0 Å². The van der Waals surface area contributed by atoms with Crippen LogP contribution in [0.3, 0.4) is 0 Å². The molecular weight excluding hydrogens is 607 g/mol. The van der Waals surface area contributed by atoms with Crippen LogP contribution in [0.1, 0.15) is 11.5 Å². The Labute approximate surface area is 291 Å². The fraction of sp³-hybridized carbons (Fsp3) is 0.0426. The van der Waals surface area contributed by atoms with Gasteiger partial charge < -0.3 is 9.47 Å². The molecule has 3 nitrogen and oxygen atoms in total. The Morgan fingerprint density at radius 1 is 0.500 bits per heavy atom. The molecule has 10 rings (SSSR count). The summed E-state index contributed by atoms with van der Waals surface area (Å²) in [4.78, 5) is 7.86. The first-order valence-corrected chi connectivity index (χ1v) is 17.3. The molecule has 0 spiro atoms. The molecule has 0 radical (unpaired) electrons. The van der Waals surface area contributed by atoms with Crippen molar-refractivity contribution in [1.29, 1.82) is 0 Å². The van der Waals surface area contributed by atoms with Crippen LogP contribution in [0.2, 0.25) is 0 Å². The largest absolute Gasteiger partial charge is 0.318 e. The number of para-hydroxylation sites is 2. The van der Waals surface area contributed by atoms with Crippen molar-refractivity contribution >= 4 is 33.3 Å². The third-order valence-corrected chi connectivity index (χ3v) is 10.3. The van der Waals surface area contributed by atoms with Gasteiger partial charge in [0.15, 0.2) is 0 Å². The van der Waals surface area contributed by atoms with E-state index < -0.39 is 0 Å². The summed E-state index contributed by atoms with van der Waals surface area (Å²) in [7, 11) is 0. The van der Waals surface area contributed by atoms with Gasteiger partial charge in [-0.25, -0.2) is 4.98 Å². The van der Waals surface area contributed by atoms with Crippen molar-refractivity contribution in [2.75, 3.05) is 4.90 Å². The van der Waals surface area contributed by atoms with Crippen LogP contribution in [-0.2, 0) is 0 Å². The number of nitrogens with zero attached hydrogens (tertiary/aromatic N) is 3. The number of pyridine rings is 1. The molecule has 50 heavy (non-hydrogen) atoms. The van der Waals surface area contributed by atoms with Gasteiger partial charge >= 0.3 is 0 Å². The first kappa shape index (κ1) is 28.6. The van der Waals surface area contributed by atoms with Crippen molar-refractivity contribution in [3.05, 3.63) is 194 Å². The fourth-order valence-corrected chi connectivity index (χ4v) is 8.08. The van der Waals surface area contributed by atoms with E-state index in [1.54, 1.807) is 0 Å². The van der Waals surface area contributed by atoms with Gasteiger partial charge in [0.05, 0.1) is 22.8 Å². The summed E-state index contributed by atoms with van der Waals surface area (Å²) in [5, 5.41) is 2.52. The van der Waals surface area contributed by atoms with Crippen LogP contribution in [0.15, 0.2) is 188 Å². The summed E-state index contributed by atoms with van der Waals surface area (Å²) in [6.07, 6.45) is 9.04. The second-order valence-electron chi connectivity index (χ2n) is 13.1. The lowest BCUT2D eigenvalue weighted by molar-refractivity contribution is 0.738. The van der Waals surface area contributed by atoms with Gasteiger partial charge in [-0.2, -0.15) is 0 Å². The lowest BCUT2D eigenvalue weighted by Gasteiger charge is -2.28. The first-order valence-electron chi connectivity index (χ1n) is 17.3. The van der Waals surface area contributed by atoms with Gasteiger partial charge in [-0.05, 0) is 70.3 Å². The Hall–Kier alpha value is -6.45. The van der Waals surface area contributed by atoms with E-state index in [1.165, 1.54) is 49.7 Å². The van der Waals surface area contributed by atoms with Crippen molar-refractivity contribution in [3.63, 3.8) is 0 Å². The van der Waals surface area contributed by atoms with Gasteiger partial charge in [-0.15, -0.1) is 0 Å². The highest BCUT2D eigenvalue weighted by molar-refractivity contribution is 6.16. The van der Waals surface area contributed by atoms with E-state index >= 15 is 0 Å². The predicted molar refractivity (Wildman–Crippen MR) is 208 cm³/mol. The van der Waals surface area contributed by atoms with Crippen molar-refractivity contribution in [2.45, 2.75) is 12.0 Å². The van der Waals surface area contributed by atoms with E-state index in [9.17, 15) is 0 Å². The normalized spacial score (nSPS) is 16.2. The van der Waals surface area contributed by atoms with E-state index in [1.807, 2.05) is 0 Å². The molecule has 0 amide bonds. The third kappa shape index (κ3) is 4.55. The van der Waals surface area contributed by atoms with Gasteiger partial charge in [0.1, 0.15) is 5.82 Å². The van der Waals surface area contributed by atoms with Crippen LogP contribution >= 0.6 is 0 Å². The van der Waals surface area contributed by atoms with E-state index in [0.717, 1.165) is 28.3 Å². The molecular formula is C47H33N3. The van der Waals surface area contributed by atoms with Gasteiger partial charge in [0, 0.05) is 33.6 Å². The summed E-state index contributed by atoms with van der Waals surface area (Å²) in [6, 6.07) is 59.0. The minimum absolute atomic E-state index is 0.128. The lowest BCUT2D eigenvalue weighted by Crippen LogP contribution is -2.29. The molecule has 0 saturated heterocycles. The van der Waals surface area contributed by atoms with Crippen molar-refractivity contribution in [3.8, 4) is 39.2 Å². The maximum absolute atomic E-state index is 5.40. The maximum Gasteiger partial charge on any atom is 0.134 e. The second kappa shape index (κ2) is 11.6. The summed E-state index contributed by atoms with van der Waals surface area (Å²) in [5.41, 5.74) is 12.9. The Morgan fingerprint density at radius 3 is 2.02 bits per heavy atom. The number of benzene rings is 6. The predicted octanol–water partition coefficient (Wildman–Crippen LogP) is 11.9. The molecule has 1 aliphatic heterocycles. The number of aromatic nitrogens is 2. The zero-order chi connectivity index (χ0) is 33.0. The summed E-state index contributed by atoms with van der Waals surface area (Å²) >= 11 is 0. The summed E-state index contributed by atoms with van der Waals surface area (Å²) in [5.74, 6) is 1.19. The Kier molecular flexibility index (Phi) is 6.63. The van der Waals surface area contributed by atoms with Crippen LogP contribution in [-0.4, -0.2) is 15.6 Å². The zero-order valence-corrected chi connectivity index (χ0v) is 27.4. The monoisotopic (exact) mass is 639 g/mol. The highest BCUT2D eigenvalue weighted by Crippen LogP contribution is 2.50. The smallest absolute Gasteiger partial charge is 0.134 e. The van der Waals surface area contributed by atoms with Crippen molar-refractivity contribution in [1.82, 2.24) is 9.55 Å². The van der Waals surface area contributed by atoms with E-state index in [-0.39, 0.29) is 12.0 Å². The van der Waals surface area contributed by atoms with Crippen LogP contribution in [0.4, 0.5) is 11.5 Å². The molecule has 236 valence electrons. The van der Waals surface area contributed by atoms with E-state index in [2.05, 4.69) is 198 Å². The van der Waals surface area contributed by atoms with Crippen LogP contribution < -0.4 is 4.90 Å². The molecule has 0 saturated carbocycles. The SMILES string of the molecule is C1=CC2c3ccc(-c4cccc5c4c4ccccc4n5-c4ccccc4)cc3N(c3cc(-c4ccccc4)cc(-c4ccccc4)n3)C2C=C1. The summed E-state index contributed by atoms with van der Waals surface area (Å²) < 4.78 is 2.39. The minimum Gasteiger partial charge on any atom is -0.318 e.